The van der Waals surface area contributed by atoms with E-state index < -0.39 is 0 Å². The number of nitrogens with zero attached hydrogens (tertiary/aromatic N) is 3. The maximum Gasteiger partial charge on any atom is 0.259 e. The van der Waals surface area contributed by atoms with Crippen LogP contribution in [-0.2, 0) is 6.54 Å². The molecule has 1 aliphatic heterocycles. The number of amides is 1. The molecule has 1 amide bonds. The number of likely N-dealkylation sites (tertiary alicyclic amines) is 1. The molecule has 4 aromatic rings. The van der Waals surface area contributed by atoms with Gasteiger partial charge in [0.2, 0.25) is 0 Å². The number of carbonyl (C=O) groups is 1. The number of primary amides is 1. The van der Waals surface area contributed by atoms with Gasteiger partial charge >= 0.3 is 0 Å². The zero-order valence-corrected chi connectivity index (χ0v) is 18.5. The van der Waals surface area contributed by atoms with Crippen LogP contribution in [0.3, 0.4) is 0 Å². The van der Waals surface area contributed by atoms with Gasteiger partial charge in [0.15, 0.2) is 0 Å². The highest BCUT2D eigenvalue weighted by Gasteiger charge is 2.30. The van der Waals surface area contributed by atoms with Crippen molar-refractivity contribution in [3.05, 3.63) is 64.5 Å². The molecule has 0 bridgehead atoms. The molecule has 0 aliphatic carbocycles. The standard InChI is InChI=1S/C24H25FN4OS/c1-14(2)29-13-16(18-6-5-17(25)10-20(18)29)12-28-9-7-15(11-28)21-19-4-3-8-27-24(19)31-22(21)23(26)30/h3-6,8,10,13-15H,7,9,11-12H2,1-2H3,(H2,26,30)/t15-/m0/s1. The smallest absolute Gasteiger partial charge is 0.259 e. The Balaban J connectivity index is 1.45. The van der Waals surface area contributed by atoms with Crippen LogP contribution < -0.4 is 5.73 Å². The Kier molecular flexibility index (Phi) is 5.02. The Morgan fingerprint density at radius 1 is 1.32 bits per heavy atom. The Morgan fingerprint density at radius 2 is 2.16 bits per heavy atom. The Bertz CT molecular complexity index is 1290. The first-order valence-electron chi connectivity index (χ1n) is 10.6. The molecular weight excluding hydrogens is 411 g/mol. The van der Waals surface area contributed by atoms with Crippen molar-refractivity contribution in [2.24, 2.45) is 5.73 Å². The van der Waals surface area contributed by atoms with Gasteiger partial charge in [0, 0.05) is 48.2 Å². The van der Waals surface area contributed by atoms with Crippen LogP contribution in [0.1, 0.15) is 53.0 Å². The van der Waals surface area contributed by atoms with Gasteiger partial charge in [-0.1, -0.05) is 6.07 Å². The van der Waals surface area contributed by atoms with Crippen LogP contribution in [-0.4, -0.2) is 33.4 Å². The van der Waals surface area contributed by atoms with E-state index in [0.29, 0.717) is 4.88 Å². The maximum atomic E-state index is 13.9. The zero-order chi connectivity index (χ0) is 21.7. The minimum absolute atomic E-state index is 0.211. The fraction of sp³-hybridized carbons (Fsp3) is 0.333. The number of benzene rings is 1. The van der Waals surface area contributed by atoms with E-state index in [4.69, 9.17) is 5.73 Å². The van der Waals surface area contributed by atoms with Gasteiger partial charge in [0.05, 0.1) is 10.4 Å². The largest absolute Gasteiger partial charge is 0.365 e. The van der Waals surface area contributed by atoms with Crippen LogP contribution >= 0.6 is 11.3 Å². The van der Waals surface area contributed by atoms with E-state index in [2.05, 4.69) is 34.5 Å². The van der Waals surface area contributed by atoms with Crippen molar-refractivity contribution >= 4 is 38.4 Å². The molecule has 0 unspecified atom stereocenters. The van der Waals surface area contributed by atoms with Crippen LogP contribution in [0.5, 0.6) is 0 Å². The van der Waals surface area contributed by atoms with Gasteiger partial charge < -0.3 is 10.3 Å². The van der Waals surface area contributed by atoms with Gasteiger partial charge in [-0.05, 0) is 62.2 Å². The molecule has 1 aliphatic rings. The monoisotopic (exact) mass is 436 g/mol. The topological polar surface area (TPSA) is 64.2 Å². The summed E-state index contributed by atoms with van der Waals surface area (Å²) in [5.41, 5.74) is 8.90. The highest BCUT2D eigenvalue weighted by atomic mass is 32.1. The van der Waals surface area contributed by atoms with E-state index in [1.54, 1.807) is 12.3 Å². The Hall–Kier alpha value is -2.77. The number of pyridine rings is 1. The summed E-state index contributed by atoms with van der Waals surface area (Å²) in [6.07, 6.45) is 4.88. The van der Waals surface area contributed by atoms with Crippen molar-refractivity contribution < 1.29 is 9.18 Å². The summed E-state index contributed by atoms with van der Waals surface area (Å²) < 4.78 is 16.0. The van der Waals surface area contributed by atoms with Gasteiger partial charge in [0.25, 0.3) is 5.91 Å². The summed E-state index contributed by atoms with van der Waals surface area (Å²) in [6.45, 7) is 6.82. The second kappa shape index (κ2) is 7.73. The molecular formula is C24H25FN4OS. The number of halogens is 1. The number of hydrogen-bond acceptors (Lipinski definition) is 4. The lowest BCUT2D eigenvalue weighted by Gasteiger charge is -2.16. The van der Waals surface area contributed by atoms with Crippen molar-refractivity contribution in [2.45, 2.75) is 38.8 Å². The van der Waals surface area contributed by atoms with Crippen LogP contribution in [0.2, 0.25) is 0 Å². The van der Waals surface area contributed by atoms with Gasteiger partial charge in [-0.2, -0.15) is 0 Å². The summed E-state index contributed by atoms with van der Waals surface area (Å²) in [4.78, 5) is 20.5. The second-order valence-corrected chi connectivity index (χ2v) is 9.60. The average Bonchev–Trinajstić information content (AvgIpc) is 3.43. The molecule has 1 saturated heterocycles. The molecule has 5 nitrogen and oxygen atoms in total. The number of carbonyl (C=O) groups excluding carboxylic acids is 1. The molecule has 7 heteroatoms. The summed E-state index contributed by atoms with van der Waals surface area (Å²) in [6, 6.07) is 9.24. The van der Waals surface area contributed by atoms with Crippen LogP contribution in [0.15, 0.2) is 42.7 Å². The number of aromatic nitrogens is 2. The number of nitrogens with two attached hydrogens (primary N) is 1. The first kappa shape index (κ1) is 20.2. The van der Waals surface area contributed by atoms with Crippen LogP contribution in [0.4, 0.5) is 4.39 Å². The summed E-state index contributed by atoms with van der Waals surface area (Å²) in [5, 5.41) is 2.14. The van der Waals surface area contributed by atoms with Crippen molar-refractivity contribution in [1.82, 2.24) is 14.5 Å². The first-order chi connectivity index (χ1) is 14.9. The highest BCUT2D eigenvalue weighted by molar-refractivity contribution is 7.20. The van der Waals surface area contributed by atoms with Gasteiger partial charge in [-0.25, -0.2) is 9.37 Å². The number of hydrogen-bond donors (Lipinski definition) is 1. The van der Waals surface area contributed by atoms with Crippen molar-refractivity contribution in [2.75, 3.05) is 13.1 Å². The van der Waals surface area contributed by atoms with Gasteiger partial charge in [0.1, 0.15) is 10.6 Å². The first-order valence-corrected chi connectivity index (χ1v) is 11.4. The molecule has 160 valence electrons. The van der Waals surface area contributed by atoms with E-state index in [1.165, 1.54) is 23.0 Å². The van der Waals surface area contributed by atoms with E-state index in [-0.39, 0.29) is 23.7 Å². The molecule has 1 fully saturated rings. The lowest BCUT2D eigenvalue weighted by molar-refractivity contribution is 0.100. The molecule has 3 aromatic heterocycles. The van der Waals surface area contributed by atoms with E-state index in [9.17, 15) is 9.18 Å². The minimum atomic E-state index is -0.376. The third-order valence-corrected chi connectivity index (χ3v) is 7.38. The van der Waals surface area contributed by atoms with E-state index in [1.807, 2.05) is 18.2 Å². The molecule has 2 N–H and O–H groups in total. The Labute approximate surface area is 184 Å². The van der Waals surface area contributed by atoms with Crippen LogP contribution in [0.25, 0.3) is 21.1 Å². The second-order valence-electron chi connectivity index (χ2n) is 8.60. The third kappa shape index (κ3) is 3.51. The number of fused-ring (bicyclic) bond motifs is 2. The van der Waals surface area contributed by atoms with E-state index in [0.717, 1.165) is 52.7 Å². The number of thiophene rings is 1. The molecule has 5 rings (SSSR count). The fourth-order valence-electron chi connectivity index (χ4n) is 4.84. The average molecular weight is 437 g/mol. The normalized spacial score (nSPS) is 17.4. The number of rotatable bonds is 5. The molecule has 1 aromatic carbocycles. The van der Waals surface area contributed by atoms with Crippen molar-refractivity contribution in [3.8, 4) is 0 Å². The highest BCUT2D eigenvalue weighted by Crippen LogP contribution is 2.39. The van der Waals surface area contributed by atoms with Gasteiger partial charge in [-0.15, -0.1) is 11.3 Å². The maximum absolute atomic E-state index is 13.9. The minimum Gasteiger partial charge on any atom is -0.365 e. The lowest BCUT2D eigenvalue weighted by Crippen LogP contribution is -2.20. The molecule has 0 radical (unpaired) electrons. The predicted molar refractivity (Wildman–Crippen MR) is 123 cm³/mol. The summed E-state index contributed by atoms with van der Waals surface area (Å²) in [7, 11) is 0. The summed E-state index contributed by atoms with van der Waals surface area (Å²) in [5.74, 6) is -0.341. The summed E-state index contributed by atoms with van der Waals surface area (Å²) >= 11 is 1.39. The molecule has 0 spiro atoms. The zero-order valence-electron chi connectivity index (χ0n) is 17.6. The van der Waals surface area contributed by atoms with Crippen molar-refractivity contribution in [1.29, 1.82) is 0 Å². The molecule has 1 atom stereocenters. The third-order valence-electron chi connectivity index (χ3n) is 6.24. The Morgan fingerprint density at radius 3 is 2.94 bits per heavy atom. The lowest BCUT2D eigenvalue weighted by atomic mass is 9.95. The molecule has 4 heterocycles. The van der Waals surface area contributed by atoms with Crippen molar-refractivity contribution in [3.63, 3.8) is 0 Å². The predicted octanol–water partition coefficient (Wildman–Crippen LogP) is 5.06. The SMILES string of the molecule is CC(C)n1cc(CN2CC[C@H](c3c(C(N)=O)sc4ncccc34)C2)c2ccc(F)cc21. The quantitative estimate of drug-likeness (QED) is 0.476. The fourth-order valence-corrected chi connectivity index (χ4v) is 5.92. The van der Waals surface area contributed by atoms with E-state index >= 15 is 0 Å². The van der Waals surface area contributed by atoms with Crippen LogP contribution in [0, 0.1) is 5.82 Å². The van der Waals surface area contributed by atoms with Gasteiger partial charge in [-0.3, -0.25) is 9.69 Å². The molecule has 31 heavy (non-hydrogen) atoms. The molecule has 0 saturated carbocycles.